The average molecular weight is 261 g/mol. The summed E-state index contributed by atoms with van der Waals surface area (Å²) in [4.78, 5) is 24.7. The van der Waals surface area contributed by atoms with Crippen molar-refractivity contribution >= 4 is 12.2 Å². The highest BCUT2D eigenvalue weighted by Gasteiger charge is 2.20. The molecule has 0 radical (unpaired) electrons. The minimum Gasteiger partial charge on any atom is -0.483 e. The summed E-state index contributed by atoms with van der Waals surface area (Å²) in [5.41, 5.74) is 0.475. The first-order chi connectivity index (χ1) is 9.20. The molecule has 0 unspecified atom stereocenters. The van der Waals surface area contributed by atoms with Gasteiger partial charge in [-0.15, -0.1) is 0 Å². The van der Waals surface area contributed by atoms with E-state index in [1.54, 1.807) is 24.3 Å². The molecule has 0 aliphatic carbocycles. The van der Waals surface area contributed by atoms with Crippen LogP contribution in [0.15, 0.2) is 24.3 Å². The Balaban J connectivity index is 1.88. The second kappa shape index (κ2) is 6.36. The van der Waals surface area contributed by atoms with E-state index < -0.39 is 0 Å². The number of likely N-dealkylation sites (tertiary alicyclic amines) is 1. The van der Waals surface area contributed by atoms with Crippen molar-refractivity contribution < 1.29 is 14.3 Å². The van der Waals surface area contributed by atoms with Crippen LogP contribution in [0.4, 0.5) is 0 Å². The Bertz CT molecular complexity index is 450. The molecule has 2 rings (SSSR count). The lowest BCUT2D eigenvalue weighted by Gasteiger charge is -2.30. The van der Waals surface area contributed by atoms with Gasteiger partial charge < -0.3 is 9.64 Å². The maximum absolute atomic E-state index is 12.0. The predicted molar refractivity (Wildman–Crippen MR) is 72.3 cm³/mol. The predicted octanol–water partition coefficient (Wildman–Crippen LogP) is 2.14. The first kappa shape index (κ1) is 13.6. The van der Waals surface area contributed by atoms with Gasteiger partial charge in [-0.3, -0.25) is 9.59 Å². The molecule has 4 heteroatoms. The molecule has 4 nitrogen and oxygen atoms in total. The number of carbonyl (C=O) groups excluding carboxylic acids is 2. The first-order valence-electron chi connectivity index (χ1n) is 6.65. The third-order valence-corrected chi connectivity index (χ3v) is 3.53. The highest BCUT2D eigenvalue weighted by molar-refractivity contribution is 5.80. The average Bonchev–Trinajstić information content (AvgIpc) is 2.45. The summed E-state index contributed by atoms with van der Waals surface area (Å²) in [6.45, 7) is 3.81. The Labute approximate surface area is 113 Å². The van der Waals surface area contributed by atoms with Crippen molar-refractivity contribution in [1.82, 2.24) is 4.90 Å². The molecule has 1 amide bonds. The van der Waals surface area contributed by atoms with Gasteiger partial charge in [-0.25, -0.2) is 0 Å². The van der Waals surface area contributed by atoms with Crippen LogP contribution in [0.3, 0.4) is 0 Å². The maximum atomic E-state index is 12.0. The monoisotopic (exact) mass is 261 g/mol. The van der Waals surface area contributed by atoms with Gasteiger partial charge in [0.25, 0.3) is 5.91 Å². The van der Waals surface area contributed by atoms with Gasteiger partial charge in [0.2, 0.25) is 0 Å². The zero-order valence-electron chi connectivity index (χ0n) is 11.2. The van der Waals surface area contributed by atoms with Crippen molar-refractivity contribution in [2.24, 2.45) is 5.92 Å². The van der Waals surface area contributed by atoms with Gasteiger partial charge in [0.05, 0.1) is 5.56 Å². The van der Waals surface area contributed by atoms with Crippen LogP contribution in [0.25, 0.3) is 0 Å². The molecule has 102 valence electrons. The summed E-state index contributed by atoms with van der Waals surface area (Å²) in [5.74, 6) is 1.16. The normalized spacial score (nSPS) is 16.2. The molecule has 1 aromatic carbocycles. The Morgan fingerprint density at radius 3 is 2.74 bits per heavy atom. The van der Waals surface area contributed by atoms with Crippen LogP contribution < -0.4 is 4.74 Å². The molecule has 19 heavy (non-hydrogen) atoms. The van der Waals surface area contributed by atoms with Gasteiger partial charge >= 0.3 is 0 Å². The Hall–Kier alpha value is -1.84. The van der Waals surface area contributed by atoms with Crippen LogP contribution in [0.1, 0.15) is 30.1 Å². The number of aldehydes is 1. The lowest BCUT2D eigenvalue weighted by Crippen LogP contribution is -2.40. The summed E-state index contributed by atoms with van der Waals surface area (Å²) < 4.78 is 5.45. The smallest absolute Gasteiger partial charge is 0.260 e. The van der Waals surface area contributed by atoms with Crippen LogP contribution >= 0.6 is 0 Å². The Morgan fingerprint density at radius 1 is 1.37 bits per heavy atom. The van der Waals surface area contributed by atoms with Gasteiger partial charge in [-0.2, -0.15) is 0 Å². The third kappa shape index (κ3) is 3.56. The molecule has 0 atom stereocenters. The SMILES string of the molecule is CC1CCN(C(=O)COc2ccccc2C=O)CC1. The number of piperidine rings is 1. The van der Waals surface area contributed by atoms with Crippen molar-refractivity contribution in [2.45, 2.75) is 19.8 Å². The van der Waals surface area contributed by atoms with E-state index in [-0.39, 0.29) is 12.5 Å². The van der Waals surface area contributed by atoms with Crippen molar-refractivity contribution in [2.75, 3.05) is 19.7 Å². The van der Waals surface area contributed by atoms with Crippen LogP contribution in [0.5, 0.6) is 5.75 Å². The lowest BCUT2D eigenvalue weighted by atomic mass is 9.99. The summed E-state index contributed by atoms with van der Waals surface area (Å²) in [5, 5.41) is 0. The molecule has 0 bridgehead atoms. The van der Waals surface area contributed by atoms with E-state index in [1.807, 2.05) is 4.90 Å². The molecule has 0 saturated carbocycles. The molecule has 1 fully saturated rings. The molecule has 0 N–H and O–H groups in total. The van der Waals surface area contributed by atoms with E-state index in [0.29, 0.717) is 17.2 Å². The van der Waals surface area contributed by atoms with Crippen LogP contribution in [-0.2, 0) is 4.79 Å². The fourth-order valence-corrected chi connectivity index (χ4v) is 2.20. The number of nitrogens with zero attached hydrogens (tertiary/aromatic N) is 1. The van der Waals surface area contributed by atoms with Crippen LogP contribution in [0.2, 0.25) is 0 Å². The van der Waals surface area contributed by atoms with Gasteiger partial charge in [0, 0.05) is 13.1 Å². The zero-order valence-corrected chi connectivity index (χ0v) is 11.2. The minimum atomic E-state index is -0.00685. The van der Waals surface area contributed by atoms with Crippen molar-refractivity contribution in [3.8, 4) is 5.75 Å². The second-order valence-corrected chi connectivity index (χ2v) is 5.01. The quantitative estimate of drug-likeness (QED) is 0.780. The lowest BCUT2D eigenvalue weighted by molar-refractivity contribution is -0.134. The number of benzene rings is 1. The van der Waals surface area contributed by atoms with Gasteiger partial charge in [0.15, 0.2) is 12.9 Å². The standard InChI is InChI=1S/C15H19NO3/c1-12-6-8-16(9-7-12)15(18)11-19-14-5-3-2-4-13(14)10-17/h2-5,10,12H,6-9,11H2,1H3. The fraction of sp³-hybridized carbons (Fsp3) is 0.467. The summed E-state index contributed by atoms with van der Waals surface area (Å²) >= 11 is 0. The second-order valence-electron chi connectivity index (χ2n) is 5.01. The number of ether oxygens (including phenoxy) is 1. The molecule has 1 aromatic rings. The largest absolute Gasteiger partial charge is 0.483 e. The summed E-state index contributed by atoms with van der Waals surface area (Å²) in [6.07, 6.45) is 2.84. The van der Waals surface area contributed by atoms with E-state index in [1.165, 1.54) is 0 Å². The summed E-state index contributed by atoms with van der Waals surface area (Å²) in [6, 6.07) is 6.94. The minimum absolute atomic E-state index is 0.000760. The zero-order chi connectivity index (χ0) is 13.7. The highest BCUT2D eigenvalue weighted by Crippen LogP contribution is 2.18. The fourth-order valence-electron chi connectivity index (χ4n) is 2.20. The number of rotatable bonds is 4. The van der Waals surface area contributed by atoms with E-state index >= 15 is 0 Å². The highest BCUT2D eigenvalue weighted by atomic mass is 16.5. The number of hydrogen-bond donors (Lipinski definition) is 0. The summed E-state index contributed by atoms with van der Waals surface area (Å²) in [7, 11) is 0. The first-order valence-corrected chi connectivity index (χ1v) is 6.65. The van der Waals surface area contributed by atoms with E-state index in [4.69, 9.17) is 4.74 Å². The maximum Gasteiger partial charge on any atom is 0.260 e. The topological polar surface area (TPSA) is 46.6 Å². The van der Waals surface area contributed by atoms with E-state index in [2.05, 4.69) is 6.92 Å². The van der Waals surface area contributed by atoms with E-state index in [9.17, 15) is 9.59 Å². The van der Waals surface area contributed by atoms with Gasteiger partial charge in [0.1, 0.15) is 5.75 Å². The van der Waals surface area contributed by atoms with Crippen LogP contribution in [0, 0.1) is 5.92 Å². The molecule has 1 aliphatic heterocycles. The van der Waals surface area contributed by atoms with E-state index in [0.717, 1.165) is 32.2 Å². The number of amides is 1. The van der Waals surface area contributed by atoms with Gasteiger partial charge in [-0.1, -0.05) is 19.1 Å². The number of para-hydroxylation sites is 1. The molecular weight excluding hydrogens is 242 g/mol. The third-order valence-electron chi connectivity index (χ3n) is 3.53. The molecule has 1 saturated heterocycles. The van der Waals surface area contributed by atoms with Crippen molar-refractivity contribution in [3.05, 3.63) is 29.8 Å². The number of carbonyl (C=O) groups is 2. The Morgan fingerprint density at radius 2 is 2.05 bits per heavy atom. The molecule has 1 aliphatic rings. The molecule has 1 heterocycles. The molecular formula is C15H19NO3. The van der Waals surface area contributed by atoms with Crippen molar-refractivity contribution in [1.29, 1.82) is 0 Å². The molecule has 0 spiro atoms. The molecule has 0 aromatic heterocycles. The van der Waals surface area contributed by atoms with Gasteiger partial charge in [-0.05, 0) is 30.9 Å². The van der Waals surface area contributed by atoms with Crippen LogP contribution in [-0.4, -0.2) is 36.8 Å². The number of hydrogen-bond acceptors (Lipinski definition) is 3. The van der Waals surface area contributed by atoms with Crippen molar-refractivity contribution in [3.63, 3.8) is 0 Å². The Kier molecular flexibility index (Phi) is 4.55.